The van der Waals surface area contributed by atoms with Crippen molar-refractivity contribution in [2.24, 2.45) is 0 Å². The Morgan fingerprint density at radius 2 is 1.72 bits per heavy atom. The molecule has 1 atom stereocenters. The molecule has 156 valence electrons. The summed E-state index contributed by atoms with van der Waals surface area (Å²) in [5.41, 5.74) is 1.78. The van der Waals surface area contributed by atoms with Crippen molar-refractivity contribution in [1.82, 2.24) is 0 Å². The third kappa shape index (κ3) is 5.83. The zero-order valence-corrected chi connectivity index (χ0v) is 17.3. The Bertz CT molecular complexity index is 795. The number of hydrogen-bond acceptors (Lipinski definition) is 4. The Balaban J connectivity index is 1.50. The molecule has 0 unspecified atom stereocenters. The van der Waals surface area contributed by atoms with Gasteiger partial charge < -0.3 is 19.9 Å². The van der Waals surface area contributed by atoms with Crippen LogP contribution in [0.1, 0.15) is 6.92 Å². The summed E-state index contributed by atoms with van der Waals surface area (Å²) in [4.78, 5) is 16.6. The third-order valence-electron chi connectivity index (χ3n) is 5.20. The van der Waals surface area contributed by atoms with Crippen LogP contribution in [0.2, 0.25) is 0 Å². The Labute approximate surface area is 174 Å². The first-order chi connectivity index (χ1) is 14.0. The molecule has 1 saturated heterocycles. The highest BCUT2D eigenvalue weighted by Crippen LogP contribution is 2.26. The molecule has 2 aromatic rings. The summed E-state index contributed by atoms with van der Waals surface area (Å²) in [6, 6.07) is 14.3. The molecule has 0 bridgehead atoms. The van der Waals surface area contributed by atoms with Gasteiger partial charge in [0, 0.05) is 16.3 Å². The molecule has 8 heteroatoms. The van der Waals surface area contributed by atoms with E-state index in [1.54, 1.807) is 31.4 Å². The van der Waals surface area contributed by atoms with E-state index in [0.29, 0.717) is 22.3 Å². The van der Waals surface area contributed by atoms with Gasteiger partial charge in [0.25, 0.3) is 11.7 Å². The number of alkyl halides is 2. The van der Waals surface area contributed by atoms with Crippen molar-refractivity contribution in [2.45, 2.75) is 23.6 Å². The maximum atomic E-state index is 12.6. The number of anilines is 2. The number of nitrogens with zero attached hydrogens (tertiary/aromatic N) is 1. The van der Waals surface area contributed by atoms with Crippen molar-refractivity contribution in [3.63, 3.8) is 0 Å². The quantitative estimate of drug-likeness (QED) is 0.674. The Morgan fingerprint density at radius 1 is 1.10 bits per heavy atom. The topological polar surface area (TPSA) is 46.0 Å². The molecular weight excluding hydrogens is 396 g/mol. The number of thioether (sulfide) groups is 1. The molecule has 1 amide bonds. The molecule has 3 rings (SSSR count). The van der Waals surface area contributed by atoms with Crippen LogP contribution in [0.3, 0.4) is 0 Å². The summed E-state index contributed by atoms with van der Waals surface area (Å²) < 4.78 is 30.0. The van der Waals surface area contributed by atoms with E-state index in [9.17, 15) is 13.6 Å². The average molecular weight is 423 g/mol. The lowest BCUT2D eigenvalue weighted by molar-refractivity contribution is -0.914. The second kappa shape index (κ2) is 9.93. The number of halogens is 2. The molecule has 0 spiro atoms. The van der Waals surface area contributed by atoms with Crippen molar-refractivity contribution >= 4 is 29.0 Å². The minimum Gasteiger partial charge on any atom is -0.497 e. The summed E-state index contributed by atoms with van der Waals surface area (Å²) in [6.45, 7) is 5.40. The summed E-state index contributed by atoms with van der Waals surface area (Å²) in [5, 5.41) is 2.89. The number of piperazine rings is 1. The smallest absolute Gasteiger partial charge is 0.288 e. The standard InChI is InChI=1S/C21H25F2N3O2S/c1-15(20(27)24-16-3-9-19(10-4-16)29-21(22)23)25-11-13-26(14-12-25)17-5-7-18(28-2)8-6-17/h3-10,15,21H,11-14H2,1-2H3,(H,24,27)/p+1/t15-/m0/s1. The van der Waals surface area contributed by atoms with Crippen molar-refractivity contribution in [3.05, 3.63) is 48.5 Å². The molecule has 5 nitrogen and oxygen atoms in total. The van der Waals surface area contributed by atoms with Gasteiger partial charge in [-0.1, -0.05) is 11.8 Å². The fourth-order valence-corrected chi connectivity index (χ4v) is 3.93. The van der Waals surface area contributed by atoms with Gasteiger partial charge in [0.05, 0.1) is 33.3 Å². The SMILES string of the molecule is COc1ccc(N2CC[NH+]([C@@H](C)C(=O)Nc3ccc(SC(F)F)cc3)CC2)cc1. The van der Waals surface area contributed by atoms with E-state index >= 15 is 0 Å². The normalized spacial score (nSPS) is 16.0. The second-order valence-electron chi connectivity index (χ2n) is 6.96. The number of ether oxygens (including phenoxy) is 1. The van der Waals surface area contributed by atoms with Crippen molar-refractivity contribution in [2.75, 3.05) is 43.5 Å². The van der Waals surface area contributed by atoms with Gasteiger partial charge in [0.1, 0.15) is 5.75 Å². The van der Waals surface area contributed by atoms with Gasteiger partial charge in [-0.2, -0.15) is 8.78 Å². The lowest BCUT2D eigenvalue weighted by Crippen LogP contribution is -3.19. The third-order valence-corrected chi connectivity index (χ3v) is 5.92. The van der Waals surface area contributed by atoms with Gasteiger partial charge in [0.15, 0.2) is 6.04 Å². The Hall–Kier alpha value is -2.32. The first-order valence-electron chi connectivity index (χ1n) is 9.55. The maximum Gasteiger partial charge on any atom is 0.288 e. The van der Waals surface area contributed by atoms with Gasteiger partial charge in [-0.05, 0) is 55.5 Å². The van der Waals surface area contributed by atoms with Gasteiger partial charge in [-0.25, -0.2) is 0 Å². The van der Waals surface area contributed by atoms with Crippen LogP contribution in [-0.2, 0) is 4.79 Å². The molecule has 0 aromatic heterocycles. The second-order valence-corrected chi connectivity index (χ2v) is 8.02. The first kappa shape index (κ1) is 21.4. The van der Waals surface area contributed by atoms with Crippen molar-refractivity contribution in [1.29, 1.82) is 0 Å². The number of carbonyl (C=O) groups excluding carboxylic acids is 1. The van der Waals surface area contributed by atoms with E-state index in [1.165, 1.54) is 4.90 Å². The lowest BCUT2D eigenvalue weighted by atomic mass is 10.2. The molecule has 2 aromatic carbocycles. The van der Waals surface area contributed by atoms with Gasteiger partial charge >= 0.3 is 0 Å². The molecule has 29 heavy (non-hydrogen) atoms. The first-order valence-corrected chi connectivity index (χ1v) is 10.4. The Morgan fingerprint density at radius 3 is 2.28 bits per heavy atom. The molecule has 0 saturated carbocycles. The Kier molecular flexibility index (Phi) is 7.33. The number of hydrogen-bond donors (Lipinski definition) is 2. The van der Waals surface area contributed by atoms with Gasteiger partial charge in [-0.3, -0.25) is 4.79 Å². The number of quaternary nitrogens is 1. The van der Waals surface area contributed by atoms with E-state index < -0.39 is 5.76 Å². The number of amides is 1. The monoisotopic (exact) mass is 422 g/mol. The average Bonchev–Trinajstić information content (AvgIpc) is 2.74. The van der Waals surface area contributed by atoms with E-state index in [4.69, 9.17) is 4.74 Å². The molecule has 0 radical (unpaired) electrons. The molecule has 1 fully saturated rings. The number of carbonyl (C=O) groups is 1. The number of nitrogens with one attached hydrogen (secondary N) is 2. The largest absolute Gasteiger partial charge is 0.497 e. The predicted molar refractivity (Wildman–Crippen MR) is 112 cm³/mol. The van der Waals surface area contributed by atoms with Crippen LogP contribution in [0.25, 0.3) is 0 Å². The lowest BCUT2D eigenvalue weighted by Gasteiger charge is -2.36. The molecule has 0 aliphatic carbocycles. The summed E-state index contributed by atoms with van der Waals surface area (Å²) in [7, 11) is 1.65. The summed E-state index contributed by atoms with van der Waals surface area (Å²) in [5.74, 6) is -1.67. The number of methoxy groups -OCH3 is 1. The van der Waals surface area contributed by atoms with Gasteiger partial charge in [0.2, 0.25) is 0 Å². The highest BCUT2D eigenvalue weighted by molar-refractivity contribution is 7.99. The molecular formula is C21H26F2N3O2S+. The van der Waals surface area contributed by atoms with Crippen LogP contribution in [0.5, 0.6) is 5.75 Å². The van der Waals surface area contributed by atoms with E-state index in [1.807, 2.05) is 19.1 Å². The van der Waals surface area contributed by atoms with Crippen LogP contribution in [0.15, 0.2) is 53.4 Å². The number of rotatable bonds is 7. The van der Waals surface area contributed by atoms with Crippen LogP contribution < -0.4 is 19.9 Å². The van der Waals surface area contributed by atoms with Gasteiger partial charge in [-0.15, -0.1) is 0 Å². The van der Waals surface area contributed by atoms with Crippen LogP contribution in [0, 0.1) is 0 Å². The molecule has 1 aliphatic rings. The summed E-state index contributed by atoms with van der Waals surface area (Å²) >= 11 is 0.494. The zero-order valence-electron chi connectivity index (χ0n) is 16.5. The van der Waals surface area contributed by atoms with Crippen LogP contribution in [0.4, 0.5) is 20.2 Å². The number of benzene rings is 2. The fraction of sp³-hybridized carbons (Fsp3) is 0.381. The highest BCUT2D eigenvalue weighted by atomic mass is 32.2. The molecule has 1 heterocycles. The molecule has 2 N–H and O–H groups in total. The zero-order chi connectivity index (χ0) is 20.8. The minimum atomic E-state index is -2.45. The van der Waals surface area contributed by atoms with Crippen molar-refractivity contribution in [3.8, 4) is 5.75 Å². The summed E-state index contributed by atoms with van der Waals surface area (Å²) in [6.07, 6.45) is 0. The van der Waals surface area contributed by atoms with Crippen LogP contribution >= 0.6 is 11.8 Å². The minimum absolute atomic E-state index is 0.0628. The predicted octanol–water partition coefficient (Wildman–Crippen LogP) is 2.74. The maximum absolute atomic E-state index is 12.6. The van der Waals surface area contributed by atoms with E-state index in [2.05, 4.69) is 22.3 Å². The van der Waals surface area contributed by atoms with Crippen LogP contribution in [-0.4, -0.2) is 51.0 Å². The fourth-order valence-electron chi connectivity index (χ4n) is 3.43. The van der Waals surface area contributed by atoms with E-state index in [-0.39, 0.29) is 11.9 Å². The van der Waals surface area contributed by atoms with E-state index in [0.717, 1.165) is 37.6 Å². The molecule has 1 aliphatic heterocycles. The highest BCUT2D eigenvalue weighted by Gasteiger charge is 2.29. The van der Waals surface area contributed by atoms with Crippen molar-refractivity contribution < 1.29 is 23.2 Å².